The van der Waals surface area contributed by atoms with Gasteiger partial charge in [0.25, 0.3) is 0 Å². The van der Waals surface area contributed by atoms with E-state index < -0.39 is 28.1 Å². The molecule has 1 N–H and O–H groups in total. The molecule has 0 spiro atoms. The minimum absolute atomic E-state index is 0.284. The lowest BCUT2D eigenvalue weighted by molar-refractivity contribution is -0.0849. The molecule has 1 aliphatic rings. The smallest absolute Gasteiger partial charge is 0.388 e. The highest BCUT2D eigenvalue weighted by Gasteiger charge is 2.65. The van der Waals surface area contributed by atoms with E-state index in [0.717, 1.165) is 6.08 Å². The highest BCUT2D eigenvalue weighted by molar-refractivity contribution is 9.09. The van der Waals surface area contributed by atoms with Crippen molar-refractivity contribution in [2.75, 3.05) is 5.33 Å². The summed E-state index contributed by atoms with van der Waals surface area (Å²) in [5.41, 5.74) is -1.52. The topological polar surface area (TPSA) is 20.2 Å². The third kappa shape index (κ3) is 3.37. The molecule has 0 aliphatic heterocycles. The van der Waals surface area contributed by atoms with Crippen LogP contribution in [0.4, 0.5) is 13.2 Å². The summed E-state index contributed by atoms with van der Waals surface area (Å²) >= 11 is 8.50. The zero-order valence-corrected chi connectivity index (χ0v) is 13.1. The first-order valence-electron chi connectivity index (χ1n) is 5.84. The highest BCUT2D eigenvalue weighted by Crippen LogP contribution is 2.65. The van der Waals surface area contributed by atoms with Crippen LogP contribution in [0.1, 0.15) is 20.3 Å². The number of hydrogen-bond acceptors (Lipinski definition) is 1. The van der Waals surface area contributed by atoms with Crippen molar-refractivity contribution in [2.24, 2.45) is 17.3 Å². The van der Waals surface area contributed by atoms with Gasteiger partial charge in [0.1, 0.15) is 5.03 Å². The second-order valence-electron chi connectivity index (χ2n) is 5.57. The lowest BCUT2D eigenvalue weighted by atomic mass is 9.91. The van der Waals surface area contributed by atoms with Gasteiger partial charge < -0.3 is 5.11 Å². The molecule has 0 amide bonds. The van der Waals surface area contributed by atoms with E-state index in [1.54, 1.807) is 6.08 Å². The largest absolute Gasteiger partial charge is 0.426 e. The molecule has 0 aromatic heterocycles. The maximum atomic E-state index is 12.5. The van der Waals surface area contributed by atoms with Crippen molar-refractivity contribution in [3.8, 4) is 0 Å². The Morgan fingerprint density at radius 3 is 2.37 bits per heavy atom. The molecule has 0 aromatic rings. The standard InChI is InChI=1S/C13H17BrClF3O/c1-4-5-12(19,7-14)10-8(11(10,2)3)6-9(15)13(16,17)18/h4,6,8,10,19H,1,5,7H2,2-3H3/b9-6-/t8-,10+,12?/m1/s1. The third-order valence-corrected chi connectivity index (χ3v) is 5.13. The molecule has 3 atom stereocenters. The van der Waals surface area contributed by atoms with E-state index in [-0.39, 0.29) is 11.2 Å². The van der Waals surface area contributed by atoms with Crippen LogP contribution in [0.5, 0.6) is 0 Å². The van der Waals surface area contributed by atoms with E-state index in [1.807, 2.05) is 13.8 Å². The van der Waals surface area contributed by atoms with Gasteiger partial charge in [-0.1, -0.05) is 53.5 Å². The van der Waals surface area contributed by atoms with Gasteiger partial charge in [0, 0.05) is 11.2 Å². The molecule has 19 heavy (non-hydrogen) atoms. The zero-order chi connectivity index (χ0) is 15.1. The first-order valence-corrected chi connectivity index (χ1v) is 7.34. The Kier molecular flexibility index (Phi) is 4.86. The Hall–Kier alpha value is -0.0000000000000000555. The van der Waals surface area contributed by atoms with E-state index in [2.05, 4.69) is 22.5 Å². The number of allylic oxidation sites excluding steroid dienone is 2. The van der Waals surface area contributed by atoms with Crippen molar-refractivity contribution < 1.29 is 18.3 Å². The Balaban J connectivity index is 2.98. The molecule has 1 saturated carbocycles. The van der Waals surface area contributed by atoms with E-state index in [0.29, 0.717) is 6.42 Å². The minimum Gasteiger partial charge on any atom is -0.388 e. The fourth-order valence-corrected chi connectivity index (χ4v) is 3.50. The van der Waals surface area contributed by atoms with Crippen LogP contribution < -0.4 is 0 Å². The molecule has 110 valence electrons. The number of aliphatic hydroxyl groups is 1. The first-order chi connectivity index (χ1) is 8.50. The van der Waals surface area contributed by atoms with E-state index >= 15 is 0 Å². The van der Waals surface area contributed by atoms with Crippen LogP contribution in [0.2, 0.25) is 0 Å². The summed E-state index contributed by atoms with van der Waals surface area (Å²) < 4.78 is 37.4. The number of halogens is 5. The van der Waals surface area contributed by atoms with Crippen molar-refractivity contribution in [3.63, 3.8) is 0 Å². The molecule has 1 unspecified atom stereocenters. The van der Waals surface area contributed by atoms with Crippen molar-refractivity contribution in [3.05, 3.63) is 23.8 Å². The summed E-state index contributed by atoms with van der Waals surface area (Å²) in [5, 5.41) is 9.67. The van der Waals surface area contributed by atoms with Gasteiger partial charge in [-0.3, -0.25) is 0 Å². The normalized spacial score (nSPS) is 29.8. The molecule has 0 radical (unpaired) electrons. The fraction of sp³-hybridized carbons (Fsp3) is 0.692. The van der Waals surface area contributed by atoms with Gasteiger partial charge in [-0.25, -0.2) is 0 Å². The molecule has 1 nitrogen and oxygen atoms in total. The Morgan fingerprint density at radius 2 is 2.00 bits per heavy atom. The van der Waals surface area contributed by atoms with Gasteiger partial charge >= 0.3 is 6.18 Å². The quantitative estimate of drug-likeness (QED) is 0.558. The molecular weight excluding hydrogens is 344 g/mol. The maximum absolute atomic E-state index is 12.5. The average molecular weight is 362 g/mol. The van der Waals surface area contributed by atoms with Crippen molar-refractivity contribution >= 4 is 27.5 Å². The minimum atomic E-state index is -4.53. The summed E-state index contributed by atoms with van der Waals surface area (Å²) in [6.45, 7) is 7.23. The molecule has 1 rings (SSSR count). The number of rotatable bonds is 5. The molecule has 1 aliphatic carbocycles. The Morgan fingerprint density at radius 1 is 1.47 bits per heavy atom. The molecule has 0 aromatic carbocycles. The summed E-state index contributed by atoms with van der Waals surface area (Å²) in [6, 6.07) is 0. The third-order valence-electron chi connectivity index (χ3n) is 3.82. The van der Waals surface area contributed by atoms with Gasteiger partial charge in [0.2, 0.25) is 0 Å². The van der Waals surface area contributed by atoms with E-state index in [1.165, 1.54) is 0 Å². The second kappa shape index (κ2) is 5.41. The molecule has 6 heteroatoms. The molecule has 0 bridgehead atoms. The van der Waals surface area contributed by atoms with Crippen molar-refractivity contribution in [1.82, 2.24) is 0 Å². The molecule has 0 saturated heterocycles. The predicted molar refractivity (Wildman–Crippen MR) is 74.3 cm³/mol. The fourth-order valence-electron chi connectivity index (χ4n) is 2.78. The molecule has 1 fully saturated rings. The SMILES string of the molecule is C=CCC(O)(CBr)[C@H]1[C@@H](/C=C(\Cl)C(F)(F)F)C1(C)C. The Labute approximate surface area is 124 Å². The van der Waals surface area contributed by atoms with Gasteiger partial charge in [-0.15, -0.1) is 6.58 Å². The Bertz CT molecular complexity index is 392. The van der Waals surface area contributed by atoms with E-state index in [4.69, 9.17) is 11.6 Å². The number of alkyl halides is 4. The van der Waals surface area contributed by atoms with E-state index in [9.17, 15) is 18.3 Å². The van der Waals surface area contributed by atoms with Gasteiger partial charge in [-0.05, 0) is 17.8 Å². The predicted octanol–water partition coefficient (Wildman–Crippen LogP) is 4.65. The highest BCUT2D eigenvalue weighted by atomic mass is 79.9. The van der Waals surface area contributed by atoms with Crippen molar-refractivity contribution in [2.45, 2.75) is 32.0 Å². The monoisotopic (exact) mass is 360 g/mol. The lowest BCUT2D eigenvalue weighted by Crippen LogP contribution is -2.35. The van der Waals surface area contributed by atoms with Gasteiger partial charge in [-0.2, -0.15) is 13.2 Å². The van der Waals surface area contributed by atoms with Crippen LogP contribution in [-0.2, 0) is 0 Å². The van der Waals surface area contributed by atoms with Crippen LogP contribution in [0.25, 0.3) is 0 Å². The van der Waals surface area contributed by atoms with Crippen LogP contribution in [0.3, 0.4) is 0 Å². The van der Waals surface area contributed by atoms with Crippen LogP contribution in [0, 0.1) is 17.3 Å². The molecular formula is C13H17BrClF3O. The van der Waals surface area contributed by atoms with Crippen LogP contribution >= 0.6 is 27.5 Å². The average Bonchev–Trinajstić information content (AvgIpc) is 2.80. The molecule has 0 heterocycles. The lowest BCUT2D eigenvalue weighted by Gasteiger charge is -2.26. The summed E-state index contributed by atoms with van der Waals surface area (Å²) in [5.74, 6) is -0.683. The number of hydrogen-bond donors (Lipinski definition) is 1. The zero-order valence-electron chi connectivity index (χ0n) is 10.8. The van der Waals surface area contributed by atoms with Gasteiger partial charge in [0.15, 0.2) is 0 Å². The summed E-state index contributed by atoms with van der Waals surface area (Å²) in [7, 11) is 0. The summed E-state index contributed by atoms with van der Waals surface area (Å²) in [6.07, 6.45) is -1.62. The first kappa shape index (κ1) is 17.1. The maximum Gasteiger partial charge on any atom is 0.426 e. The van der Waals surface area contributed by atoms with Gasteiger partial charge in [0.05, 0.1) is 5.60 Å². The van der Waals surface area contributed by atoms with Crippen molar-refractivity contribution in [1.29, 1.82) is 0 Å². The van der Waals surface area contributed by atoms with Crippen LogP contribution in [0.15, 0.2) is 23.8 Å². The van der Waals surface area contributed by atoms with Crippen LogP contribution in [-0.4, -0.2) is 22.2 Å². The summed E-state index contributed by atoms with van der Waals surface area (Å²) in [4.78, 5) is 0. The second-order valence-corrected chi connectivity index (χ2v) is 6.54.